The third-order valence-corrected chi connectivity index (χ3v) is 5.06. The molecule has 0 aliphatic carbocycles. The first kappa shape index (κ1) is 11.5. The van der Waals surface area contributed by atoms with Gasteiger partial charge in [-0.3, -0.25) is 0 Å². The summed E-state index contributed by atoms with van der Waals surface area (Å²) in [6.07, 6.45) is 2.13. The summed E-state index contributed by atoms with van der Waals surface area (Å²) in [5.41, 5.74) is 10.0. The lowest BCUT2D eigenvalue weighted by molar-refractivity contribution is -0.103. The molecule has 0 amide bonds. The van der Waals surface area contributed by atoms with Crippen LogP contribution in [0.2, 0.25) is 0 Å². The molecule has 4 rings (SSSR count). The Morgan fingerprint density at radius 2 is 2.26 bits per heavy atom. The molecule has 3 heteroatoms. The second-order valence-electron chi connectivity index (χ2n) is 5.92. The lowest BCUT2D eigenvalue weighted by Gasteiger charge is -2.45. The SMILES string of the molecule is CC12OCCc3c1n(c1ccccc31)CCC2CN. The van der Waals surface area contributed by atoms with Gasteiger partial charge in [0.2, 0.25) is 0 Å². The molecule has 2 unspecified atom stereocenters. The first-order valence-electron chi connectivity index (χ1n) is 7.20. The molecule has 3 nitrogen and oxygen atoms in total. The topological polar surface area (TPSA) is 40.2 Å². The van der Waals surface area contributed by atoms with Crippen LogP contribution in [0.4, 0.5) is 0 Å². The first-order valence-corrected chi connectivity index (χ1v) is 7.20. The van der Waals surface area contributed by atoms with Crippen molar-refractivity contribution in [2.45, 2.75) is 31.9 Å². The van der Waals surface area contributed by atoms with Crippen LogP contribution < -0.4 is 5.73 Å². The molecule has 0 saturated heterocycles. The molecule has 0 radical (unpaired) electrons. The van der Waals surface area contributed by atoms with E-state index in [9.17, 15) is 0 Å². The summed E-state index contributed by atoms with van der Waals surface area (Å²) in [4.78, 5) is 0. The Morgan fingerprint density at radius 3 is 3.11 bits per heavy atom. The van der Waals surface area contributed by atoms with Crippen molar-refractivity contribution in [1.82, 2.24) is 4.57 Å². The van der Waals surface area contributed by atoms with E-state index in [0.29, 0.717) is 12.5 Å². The van der Waals surface area contributed by atoms with Gasteiger partial charge in [0, 0.05) is 23.4 Å². The van der Waals surface area contributed by atoms with E-state index in [1.807, 2.05) is 0 Å². The van der Waals surface area contributed by atoms with E-state index in [-0.39, 0.29) is 5.60 Å². The van der Waals surface area contributed by atoms with E-state index >= 15 is 0 Å². The van der Waals surface area contributed by atoms with Crippen molar-refractivity contribution >= 4 is 10.9 Å². The maximum Gasteiger partial charge on any atom is 0.110 e. The molecule has 0 bridgehead atoms. The summed E-state index contributed by atoms with van der Waals surface area (Å²) in [7, 11) is 0. The van der Waals surface area contributed by atoms with Gasteiger partial charge < -0.3 is 15.0 Å². The zero-order chi connectivity index (χ0) is 13.0. The quantitative estimate of drug-likeness (QED) is 0.851. The molecule has 1 aromatic heterocycles. The highest BCUT2D eigenvalue weighted by Gasteiger charge is 2.46. The van der Waals surface area contributed by atoms with Crippen LogP contribution in [0.5, 0.6) is 0 Å². The smallest absolute Gasteiger partial charge is 0.110 e. The number of fused-ring (bicyclic) bond motifs is 3. The van der Waals surface area contributed by atoms with Crippen LogP contribution in [0, 0.1) is 5.92 Å². The summed E-state index contributed by atoms with van der Waals surface area (Å²) >= 11 is 0. The number of aromatic nitrogens is 1. The molecular formula is C16H20N2O. The van der Waals surface area contributed by atoms with E-state index in [4.69, 9.17) is 10.5 Å². The molecule has 19 heavy (non-hydrogen) atoms. The highest BCUT2D eigenvalue weighted by Crippen LogP contribution is 2.47. The first-order chi connectivity index (χ1) is 9.25. The molecule has 0 saturated carbocycles. The van der Waals surface area contributed by atoms with Gasteiger partial charge in [0.05, 0.1) is 12.3 Å². The molecule has 2 aliphatic heterocycles. The molecule has 2 aromatic rings. The van der Waals surface area contributed by atoms with Crippen LogP contribution in [-0.2, 0) is 23.3 Å². The highest BCUT2D eigenvalue weighted by molar-refractivity contribution is 5.86. The van der Waals surface area contributed by atoms with Crippen LogP contribution in [0.15, 0.2) is 24.3 Å². The van der Waals surface area contributed by atoms with Gasteiger partial charge in [0.1, 0.15) is 5.60 Å². The predicted molar refractivity (Wildman–Crippen MR) is 76.1 cm³/mol. The van der Waals surface area contributed by atoms with Crippen molar-refractivity contribution < 1.29 is 4.74 Å². The average molecular weight is 256 g/mol. The average Bonchev–Trinajstić information content (AvgIpc) is 2.76. The number of benzene rings is 1. The van der Waals surface area contributed by atoms with Gasteiger partial charge in [-0.05, 0) is 37.9 Å². The Labute approximate surface area is 113 Å². The molecular weight excluding hydrogens is 236 g/mol. The van der Waals surface area contributed by atoms with Gasteiger partial charge in [0.15, 0.2) is 0 Å². The normalized spacial score (nSPS) is 29.5. The molecule has 3 heterocycles. The number of aryl methyl sites for hydroxylation is 1. The summed E-state index contributed by atoms with van der Waals surface area (Å²) in [5.74, 6) is 0.434. The van der Waals surface area contributed by atoms with Crippen molar-refractivity contribution in [2.24, 2.45) is 11.7 Å². The number of nitrogens with two attached hydrogens (primary N) is 1. The zero-order valence-corrected chi connectivity index (χ0v) is 11.4. The van der Waals surface area contributed by atoms with Gasteiger partial charge >= 0.3 is 0 Å². The maximum absolute atomic E-state index is 6.21. The standard InChI is InChI=1S/C16H20N2O/c1-16-11(10-17)6-8-18-14-5-3-2-4-12(14)13(15(16)18)7-9-19-16/h2-5,11H,6-10,17H2,1H3. The van der Waals surface area contributed by atoms with Gasteiger partial charge in [-0.1, -0.05) is 18.2 Å². The van der Waals surface area contributed by atoms with Gasteiger partial charge in [-0.15, -0.1) is 0 Å². The van der Waals surface area contributed by atoms with Crippen molar-refractivity contribution in [3.8, 4) is 0 Å². The van der Waals surface area contributed by atoms with Crippen LogP contribution >= 0.6 is 0 Å². The Balaban J connectivity index is 2.07. The fourth-order valence-corrected chi connectivity index (χ4v) is 4.08. The fraction of sp³-hybridized carbons (Fsp3) is 0.500. The molecule has 2 atom stereocenters. The van der Waals surface area contributed by atoms with Gasteiger partial charge in [0.25, 0.3) is 0 Å². The minimum absolute atomic E-state index is 0.195. The van der Waals surface area contributed by atoms with Crippen molar-refractivity contribution in [1.29, 1.82) is 0 Å². The molecule has 100 valence electrons. The molecule has 0 fully saturated rings. The third kappa shape index (κ3) is 1.35. The van der Waals surface area contributed by atoms with Crippen LogP contribution in [0.3, 0.4) is 0 Å². The number of hydrogen-bond donors (Lipinski definition) is 1. The lowest BCUT2D eigenvalue weighted by atomic mass is 9.78. The van der Waals surface area contributed by atoms with Gasteiger partial charge in [-0.25, -0.2) is 0 Å². The number of rotatable bonds is 1. The Morgan fingerprint density at radius 1 is 1.42 bits per heavy atom. The summed E-state index contributed by atoms with van der Waals surface area (Å²) < 4.78 is 8.67. The number of nitrogens with zero attached hydrogens (tertiary/aromatic N) is 1. The van der Waals surface area contributed by atoms with Crippen molar-refractivity contribution in [3.63, 3.8) is 0 Å². The largest absolute Gasteiger partial charge is 0.368 e. The maximum atomic E-state index is 6.21. The predicted octanol–water partition coefficient (Wildman–Crippen LogP) is 2.41. The molecule has 2 N–H and O–H groups in total. The zero-order valence-electron chi connectivity index (χ0n) is 11.4. The second-order valence-corrected chi connectivity index (χ2v) is 5.92. The van der Waals surface area contributed by atoms with E-state index in [2.05, 4.69) is 35.8 Å². The third-order valence-electron chi connectivity index (χ3n) is 5.06. The minimum atomic E-state index is -0.195. The van der Waals surface area contributed by atoms with Crippen LogP contribution in [0.1, 0.15) is 24.6 Å². The molecule has 0 spiro atoms. The lowest BCUT2D eigenvalue weighted by Crippen LogP contribution is -2.47. The van der Waals surface area contributed by atoms with E-state index in [1.54, 1.807) is 0 Å². The molecule has 1 aromatic carbocycles. The monoisotopic (exact) mass is 256 g/mol. The second kappa shape index (κ2) is 3.84. The van der Waals surface area contributed by atoms with Gasteiger partial charge in [-0.2, -0.15) is 0 Å². The van der Waals surface area contributed by atoms with E-state index < -0.39 is 0 Å². The van der Waals surface area contributed by atoms with E-state index in [0.717, 1.165) is 26.0 Å². The summed E-state index contributed by atoms with van der Waals surface area (Å²) in [6.45, 7) is 4.82. The summed E-state index contributed by atoms with van der Waals surface area (Å²) in [5, 5.41) is 1.41. The highest BCUT2D eigenvalue weighted by atomic mass is 16.5. The Hall–Kier alpha value is -1.32. The Kier molecular flexibility index (Phi) is 2.32. The number of ether oxygens (including phenoxy) is 1. The Bertz CT molecular complexity index is 612. The summed E-state index contributed by atoms with van der Waals surface area (Å²) in [6, 6.07) is 8.75. The fourth-order valence-electron chi connectivity index (χ4n) is 4.08. The van der Waals surface area contributed by atoms with Crippen molar-refractivity contribution in [3.05, 3.63) is 35.5 Å². The number of para-hydroxylation sites is 1. The van der Waals surface area contributed by atoms with Crippen LogP contribution in [-0.4, -0.2) is 17.7 Å². The molecule has 2 aliphatic rings. The van der Waals surface area contributed by atoms with Crippen molar-refractivity contribution in [2.75, 3.05) is 13.2 Å². The minimum Gasteiger partial charge on any atom is -0.368 e. The number of hydrogen-bond acceptors (Lipinski definition) is 2. The van der Waals surface area contributed by atoms with E-state index in [1.165, 1.54) is 22.2 Å². The van der Waals surface area contributed by atoms with Crippen LogP contribution in [0.25, 0.3) is 10.9 Å².